The van der Waals surface area contributed by atoms with Gasteiger partial charge in [-0.25, -0.2) is 8.78 Å². The van der Waals surface area contributed by atoms with Crippen LogP contribution in [0.1, 0.15) is 23.4 Å². The molecule has 0 radical (unpaired) electrons. The molecule has 2 amide bonds. The lowest BCUT2D eigenvalue weighted by atomic mass is 10.1. The molecule has 0 bridgehead atoms. The first-order valence-electron chi connectivity index (χ1n) is 8.23. The molecule has 1 aromatic heterocycles. The van der Waals surface area contributed by atoms with Crippen LogP contribution in [-0.2, 0) is 4.79 Å². The van der Waals surface area contributed by atoms with E-state index in [4.69, 9.17) is 9.15 Å². The van der Waals surface area contributed by atoms with Crippen molar-refractivity contribution in [3.63, 3.8) is 0 Å². The predicted molar refractivity (Wildman–Crippen MR) is 87.6 cm³/mol. The lowest BCUT2D eigenvalue weighted by Crippen LogP contribution is -2.50. The monoisotopic (exact) mass is 364 g/mol. The average Bonchev–Trinajstić information content (AvgIpc) is 3.15. The van der Waals surface area contributed by atoms with E-state index in [9.17, 15) is 18.4 Å². The van der Waals surface area contributed by atoms with Gasteiger partial charge in [-0.2, -0.15) is 0 Å². The molecule has 0 spiro atoms. The molecule has 0 saturated carbocycles. The highest BCUT2D eigenvalue weighted by Gasteiger charge is 2.26. The van der Waals surface area contributed by atoms with Crippen LogP contribution in [0.3, 0.4) is 0 Å². The van der Waals surface area contributed by atoms with Crippen LogP contribution >= 0.6 is 0 Å². The van der Waals surface area contributed by atoms with Gasteiger partial charge in [0.2, 0.25) is 0 Å². The minimum absolute atomic E-state index is 0.195. The Kier molecular flexibility index (Phi) is 5.50. The zero-order valence-electron chi connectivity index (χ0n) is 13.9. The Hall–Kier alpha value is -2.90. The van der Waals surface area contributed by atoms with Gasteiger partial charge in [-0.15, -0.1) is 0 Å². The number of ether oxygens (including phenoxy) is 1. The number of amides is 2. The second-order valence-corrected chi connectivity index (χ2v) is 6.00. The number of furan rings is 1. The summed E-state index contributed by atoms with van der Waals surface area (Å²) in [5.41, 5.74) is 0. The molecule has 26 heavy (non-hydrogen) atoms. The maximum atomic E-state index is 13.5. The molecule has 0 aliphatic carbocycles. The van der Waals surface area contributed by atoms with Crippen molar-refractivity contribution >= 4 is 11.8 Å². The van der Waals surface area contributed by atoms with Gasteiger partial charge < -0.3 is 19.4 Å². The van der Waals surface area contributed by atoms with Crippen LogP contribution in [-0.4, -0.2) is 42.5 Å². The molecule has 8 heteroatoms. The molecule has 2 aromatic rings. The van der Waals surface area contributed by atoms with Gasteiger partial charge >= 0.3 is 0 Å². The van der Waals surface area contributed by atoms with Crippen molar-refractivity contribution in [3.05, 3.63) is 54.0 Å². The SMILES string of the molecule is O=C(COc1ccc(F)cc1F)NC1CCCN(C(=O)c2ccco2)C1. The van der Waals surface area contributed by atoms with Gasteiger partial charge in [0.1, 0.15) is 5.82 Å². The number of piperidine rings is 1. The summed E-state index contributed by atoms with van der Waals surface area (Å²) >= 11 is 0. The second kappa shape index (κ2) is 7.99. The molecule has 138 valence electrons. The highest BCUT2D eigenvalue weighted by Crippen LogP contribution is 2.18. The van der Waals surface area contributed by atoms with E-state index in [-0.39, 0.29) is 23.5 Å². The zero-order chi connectivity index (χ0) is 18.5. The van der Waals surface area contributed by atoms with Crippen LogP contribution in [0.25, 0.3) is 0 Å². The van der Waals surface area contributed by atoms with E-state index in [0.29, 0.717) is 19.2 Å². The standard InChI is InChI=1S/C18H18F2N2O4/c19-12-5-6-15(14(20)9-12)26-11-17(23)21-13-3-1-7-22(10-13)18(24)16-4-2-8-25-16/h2,4-6,8-9,13H,1,3,7,10-11H2,(H,21,23). The fourth-order valence-corrected chi connectivity index (χ4v) is 2.84. The predicted octanol–water partition coefficient (Wildman–Crippen LogP) is 2.36. The highest BCUT2D eigenvalue weighted by molar-refractivity contribution is 5.91. The number of benzene rings is 1. The summed E-state index contributed by atoms with van der Waals surface area (Å²) in [6.45, 7) is 0.546. The first kappa shape index (κ1) is 17.9. The Morgan fingerprint density at radius 2 is 2.15 bits per heavy atom. The van der Waals surface area contributed by atoms with E-state index in [1.807, 2.05) is 0 Å². The summed E-state index contributed by atoms with van der Waals surface area (Å²) in [4.78, 5) is 25.9. The summed E-state index contributed by atoms with van der Waals surface area (Å²) in [6, 6.07) is 5.87. The molecule has 2 heterocycles. The van der Waals surface area contributed by atoms with E-state index in [1.54, 1.807) is 17.0 Å². The first-order valence-corrected chi connectivity index (χ1v) is 8.23. The normalized spacial score (nSPS) is 17.0. The maximum absolute atomic E-state index is 13.5. The lowest BCUT2D eigenvalue weighted by molar-refractivity contribution is -0.124. The topological polar surface area (TPSA) is 71.8 Å². The molecule has 1 unspecified atom stereocenters. The van der Waals surface area contributed by atoms with Gasteiger partial charge in [0.25, 0.3) is 11.8 Å². The summed E-state index contributed by atoms with van der Waals surface area (Å²) in [7, 11) is 0. The third-order valence-electron chi connectivity index (χ3n) is 4.06. The molecule has 1 atom stereocenters. The Balaban J connectivity index is 1.50. The van der Waals surface area contributed by atoms with Gasteiger partial charge in [0.15, 0.2) is 23.9 Å². The Bertz CT molecular complexity index is 780. The number of halogens is 2. The summed E-state index contributed by atoms with van der Waals surface area (Å²) < 4.78 is 36.5. The number of likely N-dealkylation sites (tertiary alicyclic amines) is 1. The Morgan fingerprint density at radius 3 is 2.88 bits per heavy atom. The van der Waals surface area contributed by atoms with E-state index in [1.165, 1.54) is 6.26 Å². The fourth-order valence-electron chi connectivity index (χ4n) is 2.84. The zero-order valence-corrected chi connectivity index (χ0v) is 13.9. The lowest BCUT2D eigenvalue weighted by Gasteiger charge is -2.32. The third-order valence-corrected chi connectivity index (χ3v) is 4.06. The van der Waals surface area contributed by atoms with Gasteiger partial charge in [-0.05, 0) is 37.1 Å². The van der Waals surface area contributed by atoms with Crippen LogP contribution in [0.15, 0.2) is 41.0 Å². The third kappa shape index (κ3) is 4.38. The molecular weight excluding hydrogens is 346 g/mol. The first-order chi connectivity index (χ1) is 12.5. The van der Waals surface area contributed by atoms with Crippen LogP contribution in [0.5, 0.6) is 5.75 Å². The van der Waals surface area contributed by atoms with Crippen molar-refractivity contribution < 1.29 is 27.5 Å². The van der Waals surface area contributed by atoms with Crippen molar-refractivity contribution in [2.75, 3.05) is 19.7 Å². The quantitative estimate of drug-likeness (QED) is 0.884. The molecule has 1 aromatic carbocycles. The molecule has 3 rings (SSSR count). The van der Waals surface area contributed by atoms with Gasteiger partial charge in [0.05, 0.1) is 6.26 Å². The van der Waals surface area contributed by atoms with Crippen LogP contribution in [0, 0.1) is 11.6 Å². The molecule has 1 saturated heterocycles. The minimum Gasteiger partial charge on any atom is -0.481 e. The van der Waals surface area contributed by atoms with Crippen LogP contribution < -0.4 is 10.1 Å². The van der Waals surface area contributed by atoms with Crippen molar-refractivity contribution in [1.82, 2.24) is 10.2 Å². The highest BCUT2D eigenvalue weighted by atomic mass is 19.1. The summed E-state index contributed by atoms with van der Waals surface area (Å²) in [5, 5.41) is 2.77. The number of hydrogen-bond donors (Lipinski definition) is 1. The molecule has 6 nitrogen and oxygen atoms in total. The molecule has 1 fully saturated rings. The van der Waals surface area contributed by atoms with Crippen LogP contribution in [0.4, 0.5) is 8.78 Å². The van der Waals surface area contributed by atoms with Gasteiger partial charge in [-0.1, -0.05) is 0 Å². The molecule has 1 N–H and O–H groups in total. The largest absolute Gasteiger partial charge is 0.481 e. The fraction of sp³-hybridized carbons (Fsp3) is 0.333. The summed E-state index contributed by atoms with van der Waals surface area (Å²) in [5.74, 6) is -2.19. The van der Waals surface area contributed by atoms with Gasteiger partial charge in [0, 0.05) is 25.2 Å². The van der Waals surface area contributed by atoms with Crippen molar-refractivity contribution in [1.29, 1.82) is 0 Å². The van der Waals surface area contributed by atoms with E-state index in [0.717, 1.165) is 25.0 Å². The number of carbonyl (C=O) groups excluding carboxylic acids is 2. The Morgan fingerprint density at radius 1 is 1.31 bits per heavy atom. The number of rotatable bonds is 5. The van der Waals surface area contributed by atoms with Gasteiger partial charge in [-0.3, -0.25) is 9.59 Å². The average molecular weight is 364 g/mol. The van der Waals surface area contributed by atoms with Crippen molar-refractivity contribution in [2.24, 2.45) is 0 Å². The summed E-state index contributed by atoms with van der Waals surface area (Å²) in [6.07, 6.45) is 2.89. The number of hydrogen-bond acceptors (Lipinski definition) is 4. The van der Waals surface area contributed by atoms with E-state index < -0.39 is 24.1 Å². The van der Waals surface area contributed by atoms with Crippen molar-refractivity contribution in [3.8, 4) is 5.75 Å². The van der Waals surface area contributed by atoms with Crippen LogP contribution in [0.2, 0.25) is 0 Å². The van der Waals surface area contributed by atoms with E-state index >= 15 is 0 Å². The Labute approximate surface area is 148 Å². The minimum atomic E-state index is -0.870. The number of carbonyl (C=O) groups is 2. The van der Waals surface area contributed by atoms with E-state index in [2.05, 4.69) is 5.32 Å². The second-order valence-electron chi connectivity index (χ2n) is 6.00. The van der Waals surface area contributed by atoms with Crippen molar-refractivity contribution in [2.45, 2.75) is 18.9 Å². The smallest absolute Gasteiger partial charge is 0.289 e. The molecular formula is C18H18F2N2O4. The maximum Gasteiger partial charge on any atom is 0.289 e. The molecule has 1 aliphatic rings. The number of nitrogens with one attached hydrogen (secondary N) is 1. The number of nitrogens with zero attached hydrogens (tertiary/aromatic N) is 1. The molecule has 1 aliphatic heterocycles.